The number of ether oxygens (including phenoxy) is 1. The third-order valence-electron chi connectivity index (χ3n) is 3.16. The highest BCUT2D eigenvalue weighted by molar-refractivity contribution is 6.12. The van der Waals surface area contributed by atoms with E-state index in [0.29, 0.717) is 17.9 Å². The van der Waals surface area contributed by atoms with E-state index in [1.807, 2.05) is 13.8 Å². The highest BCUT2D eigenvalue weighted by Gasteiger charge is 2.36. The van der Waals surface area contributed by atoms with E-state index in [9.17, 15) is 14.4 Å². The van der Waals surface area contributed by atoms with Gasteiger partial charge in [-0.3, -0.25) is 9.69 Å². The number of carbonyl (C=O) groups is 3. The molecule has 0 atom stereocenters. The minimum atomic E-state index is -0.645. The maximum Gasteiger partial charge on any atom is 0.338 e. The molecular formula is C15H18N2O5. The van der Waals surface area contributed by atoms with Gasteiger partial charge in [0.15, 0.2) is 0 Å². The zero-order chi connectivity index (χ0) is 16.3. The second-order valence-electron chi connectivity index (χ2n) is 5.37. The number of benzene rings is 1. The molecule has 1 aromatic rings. The number of amides is 3. The van der Waals surface area contributed by atoms with Crippen LogP contribution >= 0.6 is 0 Å². The Hall–Kier alpha value is -2.41. The Bertz CT molecular complexity index is 582. The number of rotatable bonds is 5. The van der Waals surface area contributed by atoms with E-state index in [1.165, 1.54) is 17.0 Å². The second kappa shape index (κ2) is 6.57. The predicted molar refractivity (Wildman–Crippen MR) is 78.2 cm³/mol. The van der Waals surface area contributed by atoms with Gasteiger partial charge >= 0.3 is 12.0 Å². The summed E-state index contributed by atoms with van der Waals surface area (Å²) in [7, 11) is 0. The van der Waals surface area contributed by atoms with E-state index in [1.54, 1.807) is 12.1 Å². The normalized spacial score (nSPS) is 14.9. The molecule has 0 aliphatic carbocycles. The molecular weight excluding hydrogens is 288 g/mol. The molecule has 0 bridgehead atoms. The molecule has 7 heteroatoms. The van der Waals surface area contributed by atoms with Gasteiger partial charge in [-0.1, -0.05) is 13.8 Å². The summed E-state index contributed by atoms with van der Waals surface area (Å²) in [6, 6.07) is 5.63. The average molecular weight is 306 g/mol. The van der Waals surface area contributed by atoms with Gasteiger partial charge in [-0.15, -0.1) is 0 Å². The largest absolute Gasteiger partial charge is 0.462 e. The summed E-state index contributed by atoms with van der Waals surface area (Å²) >= 11 is 0. The van der Waals surface area contributed by atoms with Gasteiger partial charge < -0.3 is 9.84 Å². The molecule has 7 nitrogen and oxygen atoms in total. The zero-order valence-electron chi connectivity index (χ0n) is 12.5. The van der Waals surface area contributed by atoms with E-state index in [2.05, 4.69) is 0 Å². The first kappa shape index (κ1) is 16.0. The molecule has 1 aromatic carbocycles. The quantitative estimate of drug-likeness (QED) is 0.653. The van der Waals surface area contributed by atoms with Crippen molar-refractivity contribution in [3.05, 3.63) is 29.8 Å². The van der Waals surface area contributed by atoms with Gasteiger partial charge in [-0.2, -0.15) is 0 Å². The highest BCUT2D eigenvalue weighted by atomic mass is 16.5. The lowest BCUT2D eigenvalue weighted by atomic mass is 10.2. The number of carbonyl (C=O) groups excluding carboxylic acids is 3. The summed E-state index contributed by atoms with van der Waals surface area (Å²) in [6.45, 7) is 3.45. The number of hydrogen-bond donors (Lipinski definition) is 1. The van der Waals surface area contributed by atoms with Crippen LogP contribution in [-0.4, -0.2) is 47.8 Å². The summed E-state index contributed by atoms with van der Waals surface area (Å²) in [5.74, 6) is -0.644. The molecule has 0 radical (unpaired) electrons. The van der Waals surface area contributed by atoms with Gasteiger partial charge in [-0.25, -0.2) is 14.5 Å². The fourth-order valence-corrected chi connectivity index (χ4v) is 1.98. The monoisotopic (exact) mass is 306 g/mol. The summed E-state index contributed by atoms with van der Waals surface area (Å²) < 4.78 is 5.11. The molecule has 0 saturated carbocycles. The molecule has 1 aliphatic rings. The first-order valence-corrected chi connectivity index (χ1v) is 6.94. The third-order valence-corrected chi connectivity index (χ3v) is 3.16. The van der Waals surface area contributed by atoms with Crippen LogP contribution in [0.25, 0.3) is 0 Å². The van der Waals surface area contributed by atoms with Crippen LogP contribution in [0.1, 0.15) is 24.2 Å². The van der Waals surface area contributed by atoms with E-state index in [4.69, 9.17) is 9.84 Å². The van der Waals surface area contributed by atoms with Crippen molar-refractivity contribution in [1.29, 1.82) is 0 Å². The summed E-state index contributed by atoms with van der Waals surface area (Å²) in [5.41, 5.74) is 0.857. The number of esters is 1. The Kier molecular flexibility index (Phi) is 4.77. The summed E-state index contributed by atoms with van der Waals surface area (Å²) in [6.07, 6.45) is 0. The molecule has 22 heavy (non-hydrogen) atoms. The van der Waals surface area contributed by atoms with Crippen LogP contribution in [0.3, 0.4) is 0 Å². The number of hydrogen-bond acceptors (Lipinski definition) is 5. The molecule has 3 amide bonds. The van der Waals surface area contributed by atoms with Crippen molar-refractivity contribution in [2.75, 3.05) is 24.8 Å². The number of nitrogens with zero attached hydrogens (tertiary/aromatic N) is 2. The van der Waals surface area contributed by atoms with Crippen molar-refractivity contribution >= 4 is 23.6 Å². The maximum atomic E-state index is 11.9. The van der Waals surface area contributed by atoms with Crippen LogP contribution < -0.4 is 4.90 Å². The first-order chi connectivity index (χ1) is 10.4. The molecule has 0 unspecified atom stereocenters. The molecule has 1 N–H and O–H groups in total. The Labute approximate surface area is 128 Å². The number of urea groups is 1. The number of aliphatic hydroxyl groups excluding tert-OH is 1. The average Bonchev–Trinajstić information content (AvgIpc) is 2.79. The lowest BCUT2D eigenvalue weighted by Gasteiger charge is -2.16. The molecule has 118 valence electrons. The maximum absolute atomic E-state index is 11.9. The Morgan fingerprint density at radius 2 is 1.91 bits per heavy atom. The van der Waals surface area contributed by atoms with Gasteiger partial charge in [0.1, 0.15) is 13.3 Å². The highest BCUT2D eigenvalue weighted by Crippen LogP contribution is 2.21. The Morgan fingerprint density at radius 1 is 1.27 bits per heavy atom. The van der Waals surface area contributed by atoms with Crippen molar-refractivity contribution in [1.82, 2.24) is 4.90 Å². The SMILES string of the molecule is CC(C)COC(=O)c1ccc(N2CC(=O)N(CO)C2=O)cc1. The van der Waals surface area contributed by atoms with Crippen LogP contribution in [0.2, 0.25) is 0 Å². The van der Waals surface area contributed by atoms with Crippen molar-refractivity contribution < 1.29 is 24.2 Å². The van der Waals surface area contributed by atoms with Gasteiger partial charge in [0.25, 0.3) is 5.91 Å². The van der Waals surface area contributed by atoms with E-state index >= 15 is 0 Å². The van der Waals surface area contributed by atoms with Gasteiger partial charge in [0, 0.05) is 5.69 Å². The smallest absolute Gasteiger partial charge is 0.338 e. The molecule has 1 fully saturated rings. The van der Waals surface area contributed by atoms with Crippen molar-refractivity contribution in [2.45, 2.75) is 13.8 Å². The minimum absolute atomic E-state index is 0.128. The van der Waals surface area contributed by atoms with Crippen LogP contribution in [0.15, 0.2) is 24.3 Å². The molecule has 1 aliphatic heterocycles. The van der Waals surface area contributed by atoms with Gasteiger partial charge in [0.05, 0.1) is 12.2 Å². The fraction of sp³-hybridized carbons (Fsp3) is 0.400. The molecule has 1 heterocycles. The number of aliphatic hydroxyl groups is 1. The topological polar surface area (TPSA) is 87.2 Å². The third kappa shape index (κ3) is 3.25. The van der Waals surface area contributed by atoms with Crippen molar-refractivity contribution in [3.8, 4) is 0 Å². The van der Waals surface area contributed by atoms with Gasteiger partial charge in [0.2, 0.25) is 0 Å². The summed E-state index contributed by atoms with van der Waals surface area (Å²) in [5, 5.41) is 8.99. The van der Waals surface area contributed by atoms with Crippen LogP contribution in [0.5, 0.6) is 0 Å². The predicted octanol–water partition coefficient (Wildman–Crippen LogP) is 1.22. The Balaban J connectivity index is 2.08. The van der Waals surface area contributed by atoms with Gasteiger partial charge in [-0.05, 0) is 30.2 Å². The van der Waals surface area contributed by atoms with Crippen LogP contribution in [0, 0.1) is 5.92 Å². The van der Waals surface area contributed by atoms with E-state index < -0.39 is 24.6 Å². The number of imide groups is 1. The van der Waals surface area contributed by atoms with Crippen LogP contribution in [0.4, 0.5) is 10.5 Å². The van der Waals surface area contributed by atoms with Crippen molar-refractivity contribution in [2.24, 2.45) is 5.92 Å². The first-order valence-electron chi connectivity index (χ1n) is 6.94. The molecule has 0 aromatic heterocycles. The zero-order valence-corrected chi connectivity index (χ0v) is 12.5. The minimum Gasteiger partial charge on any atom is -0.462 e. The lowest BCUT2D eigenvalue weighted by molar-refractivity contribution is -0.127. The van der Waals surface area contributed by atoms with E-state index in [0.717, 1.165) is 4.90 Å². The van der Waals surface area contributed by atoms with E-state index in [-0.39, 0.29) is 12.5 Å². The van der Waals surface area contributed by atoms with Crippen LogP contribution in [-0.2, 0) is 9.53 Å². The van der Waals surface area contributed by atoms with Crippen molar-refractivity contribution in [3.63, 3.8) is 0 Å². The molecule has 2 rings (SSSR count). The second-order valence-corrected chi connectivity index (χ2v) is 5.37. The fourth-order valence-electron chi connectivity index (χ4n) is 1.98. The standard InChI is InChI=1S/C15H18N2O5/c1-10(2)8-22-14(20)11-3-5-12(6-4-11)16-7-13(19)17(9-18)15(16)21/h3-6,10,18H,7-9H2,1-2H3. The lowest BCUT2D eigenvalue weighted by Crippen LogP contribution is -2.33. The number of anilines is 1. The molecule has 1 saturated heterocycles. The summed E-state index contributed by atoms with van der Waals surface area (Å²) in [4.78, 5) is 37.3. The Morgan fingerprint density at radius 3 is 2.41 bits per heavy atom. The molecule has 0 spiro atoms.